The van der Waals surface area contributed by atoms with Gasteiger partial charge in [-0.05, 0) is 24.3 Å². The number of carbonyl (C=O) groups excluding carboxylic acids is 1. The van der Waals surface area contributed by atoms with E-state index in [9.17, 15) is 9.59 Å². The van der Waals surface area contributed by atoms with Crippen molar-refractivity contribution in [1.82, 2.24) is 20.0 Å². The van der Waals surface area contributed by atoms with E-state index in [4.69, 9.17) is 14.2 Å². The van der Waals surface area contributed by atoms with Crippen LogP contribution in [0.1, 0.15) is 0 Å². The maximum Gasteiger partial charge on any atom is 0.270 e. The molecule has 0 bridgehead atoms. The van der Waals surface area contributed by atoms with E-state index < -0.39 is 5.56 Å². The van der Waals surface area contributed by atoms with Gasteiger partial charge in [-0.1, -0.05) is 0 Å². The number of nitrogens with zero attached hydrogens (tertiary/aromatic N) is 3. The zero-order chi connectivity index (χ0) is 20.6. The van der Waals surface area contributed by atoms with Gasteiger partial charge in [0.25, 0.3) is 5.56 Å². The van der Waals surface area contributed by atoms with Gasteiger partial charge in [0, 0.05) is 37.8 Å². The highest BCUT2D eigenvalue weighted by Crippen LogP contribution is 2.27. The van der Waals surface area contributed by atoms with Crippen molar-refractivity contribution in [3.63, 3.8) is 0 Å². The number of nitrogens with one attached hydrogen (secondary N) is 1. The summed E-state index contributed by atoms with van der Waals surface area (Å²) < 4.78 is 16.9. The quantitative estimate of drug-likeness (QED) is 0.682. The molecule has 9 nitrogen and oxygen atoms in total. The molecular formula is C20H26N4O5. The van der Waals surface area contributed by atoms with Crippen LogP contribution in [0.5, 0.6) is 11.5 Å². The molecule has 2 aromatic rings. The third-order valence-corrected chi connectivity index (χ3v) is 4.69. The van der Waals surface area contributed by atoms with Crippen LogP contribution in [-0.4, -0.2) is 74.2 Å². The maximum absolute atomic E-state index is 12.3. The summed E-state index contributed by atoms with van der Waals surface area (Å²) in [6.07, 6.45) is 0. The summed E-state index contributed by atoms with van der Waals surface area (Å²) in [4.78, 5) is 26.9. The van der Waals surface area contributed by atoms with Crippen LogP contribution in [0.2, 0.25) is 0 Å². The van der Waals surface area contributed by atoms with Gasteiger partial charge in [0.05, 0.1) is 27.4 Å². The first-order valence-corrected chi connectivity index (χ1v) is 9.48. The number of ether oxygens (including phenoxy) is 3. The summed E-state index contributed by atoms with van der Waals surface area (Å²) in [5.74, 6) is 0.795. The van der Waals surface area contributed by atoms with Crippen LogP contribution >= 0.6 is 0 Å². The smallest absolute Gasteiger partial charge is 0.270 e. The fraction of sp³-hybridized carbons (Fsp3) is 0.450. The Morgan fingerprint density at radius 3 is 2.55 bits per heavy atom. The number of amides is 1. The number of aromatic nitrogens is 2. The molecule has 29 heavy (non-hydrogen) atoms. The SMILES string of the molecule is COc1ccc(-c2nn(CC(=O)NCCN3CCOCC3)c(=O)cc2OC)cc1. The van der Waals surface area contributed by atoms with Gasteiger partial charge < -0.3 is 19.5 Å². The topological polar surface area (TPSA) is 94.9 Å². The molecule has 0 spiro atoms. The first kappa shape index (κ1) is 20.8. The lowest BCUT2D eigenvalue weighted by Crippen LogP contribution is -2.42. The number of morpholine rings is 1. The van der Waals surface area contributed by atoms with Crippen LogP contribution in [0.3, 0.4) is 0 Å². The fourth-order valence-corrected chi connectivity index (χ4v) is 3.06. The third kappa shape index (κ3) is 5.55. The number of carbonyl (C=O) groups is 1. The Bertz CT molecular complexity index is 875. The number of rotatable bonds is 8. The highest BCUT2D eigenvalue weighted by atomic mass is 16.5. The molecule has 1 fully saturated rings. The van der Waals surface area contributed by atoms with Crippen molar-refractivity contribution in [3.05, 3.63) is 40.7 Å². The average molecular weight is 402 g/mol. The Balaban J connectivity index is 1.68. The number of methoxy groups -OCH3 is 2. The molecule has 1 aliphatic rings. The summed E-state index contributed by atoms with van der Waals surface area (Å²) in [6.45, 7) is 4.25. The highest BCUT2D eigenvalue weighted by molar-refractivity contribution is 5.75. The molecule has 1 aromatic heterocycles. The van der Waals surface area contributed by atoms with Crippen LogP contribution in [0, 0.1) is 0 Å². The molecule has 1 aliphatic heterocycles. The Morgan fingerprint density at radius 2 is 1.90 bits per heavy atom. The maximum atomic E-state index is 12.3. The summed E-state index contributed by atoms with van der Waals surface area (Å²) >= 11 is 0. The van der Waals surface area contributed by atoms with E-state index >= 15 is 0 Å². The second kappa shape index (κ2) is 10.0. The summed E-state index contributed by atoms with van der Waals surface area (Å²) in [7, 11) is 3.07. The van der Waals surface area contributed by atoms with E-state index in [0.717, 1.165) is 29.9 Å². The van der Waals surface area contributed by atoms with E-state index in [1.807, 2.05) is 12.1 Å². The summed E-state index contributed by atoms with van der Waals surface area (Å²) in [5.41, 5.74) is 0.836. The Morgan fingerprint density at radius 1 is 1.17 bits per heavy atom. The molecule has 0 unspecified atom stereocenters. The van der Waals surface area contributed by atoms with Crippen molar-refractivity contribution in [2.45, 2.75) is 6.54 Å². The number of hydrogen-bond acceptors (Lipinski definition) is 7. The summed E-state index contributed by atoms with van der Waals surface area (Å²) in [6, 6.07) is 8.57. The van der Waals surface area contributed by atoms with Crippen molar-refractivity contribution < 1.29 is 19.0 Å². The van der Waals surface area contributed by atoms with Crippen molar-refractivity contribution >= 4 is 5.91 Å². The molecule has 156 valence electrons. The molecule has 1 saturated heterocycles. The number of hydrogen-bond donors (Lipinski definition) is 1. The van der Waals surface area contributed by atoms with Crippen LogP contribution < -0.4 is 20.3 Å². The second-order valence-electron chi connectivity index (χ2n) is 6.59. The Labute approximate surface area is 169 Å². The van der Waals surface area contributed by atoms with Gasteiger partial charge >= 0.3 is 0 Å². The van der Waals surface area contributed by atoms with Gasteiger partial charge in [0.2, 0.25) is 5.91 Å². The van der Waals surface area contributed by atoms with E-state index in [1.165, 1.54) is 13.2 Å². The first-order chi connectivity index (χ1) is 14.1. The fourth-order valence-electron chi connectivity index (χ4n) is 3.06. The van der Waals surface area contributed by atoms with E-state index in [0.29, 0.717) is 37.0 Å². The van der Waals surface area contributed by atoms with Gasteiger partial charge in [-0.15, -0.1) is 0 Å². The minimum Gasteiger partial charge on any atom is -0.497 e. The van der Waals surface area contributed by atoms with Crippen LogP contribution in [0.4, 0.5) is 0 Å². The van der Waals surface area contributed by atoms with E-state index in [1.54, 1.807) is 19.2 Å². The molecule has 0 aliphatic carbocycles. The lowest BCUT2D eigenvalue weighted by molar-refractivity contribution is -0.122. The molecule has 0 radical (unpaired) electrons. The minimum absolute atomic E-state index is 0.158. The highest BCUT2D eigenvalue weighted by Gasteiger charge is 2.15. The first-order valence-electron chi connectivity index (χ1n) is 9.48. The normalized spacial score (nSPS) is 14.4. The predicted octanol–water partition coefficient (Wildman–Crippen LogP) is 0.376. The zero-order valence-corrected chi connectivity index (χ0v) is 16.7. The van der Waals surface area contributed by atoms with E-state index in [2.05, 4.69) is 15.3 Å². The zero-order valence-electron chi connectivity index (χ0n) is 16.7. The minimum atomic E-state index is -0.401. The van der Waals surface area contributed by atoms with Crippen LogP contribution in [-0.2, 0) is 16.1 Å². The average Bonchev–Trinajstić information content (AvgIpc) is 2.75. The Kier molecular flexibility index (Phi) is 7.20. The van der Waals surface area contributed by atoms with Gasteiger partial charge in [-0.3, -0.25) is 14.5 Å². The van der Waals surface area contributed by atoms with Crippen molar-refractivity contribution in [1.29, 1.82) is 0 Å². The van der Waals surface area contributed by atoms with E-state index in [-0.39, 0.29) is 12.5 Å². The monoisotopic (exact) mass is 402 g/mol. The lowest BCUT2D eigenvalue weighted by atomic mass is 10.1. The largest absolute Gasteiger partial charge is 0.497 e. The standard InChI is InChI=1S/C20H26N4O5/c1-27-16-5-3-15(4-6-16)20-17(28-2)13-19(26)24(22-20)14-18(25)21-7-8-23-9-11-29-12-10-23/h3-6,13H,7-12,14H2,1-2H3,(H,21,25). The van der Waals surface area contributed by atoms with Gasteiger partial charge in [0.1, 0.15) is 18.0 Å². The van der Waals surface area contributed by atoms with Crippen molar-refractivity contribution in [3.8, 4) is 22.8 Å². The molecule has 9 heteroatoms. The van der Waals surface area contributed by atoms with Gasteiger partial charge in [0.15, 0.2) is 5.75 Å². The molecule has 2 heterocycles. The third-order valence-electron chi connectivity index (χ3n) is 4.69. The number of benzene rings is 1. The molecule has 1 amide bonds. The van der Waals surface area contributed by atoms with Crippen LogP contribution in [0.25, 0.3) is 11.3 Å². The summed E-state index contributed by atoms with van der Waals surface area (Å²) in [5, 5.41) is 7.20. The van der Waals surface area contributed by atoms with Crippen LogP contribution in [0.15, 0.2) is 35.1 Å². The van der Waals surface area contributed by atoms with Gasteiger partial charge in [-0.2, -0.15) is 5.10 Å². The molecule has 0 saturated carbocycles. The van der Waals surface area contributed by atoms with Crippen molar-refractivity contribution in [2.75, 3.05) is 53.6 Å². The second-order valence-corrected chi connectivity index (χ2v) is 6.59. The van der Waals surface area contributed by atoms with Gasteiger partial charge in [-0.25, -0.2) is 4.68 Å². The van der Waals surface area contributed by atoms with Crippen molar-refractivity contribution in [2.24, 2.45) is 0 Å². The molecule has 1 N–H and O–H groups in total. The molecule has 1 aromatic carbocycles. The molecule has 3 rings (SSSR count). The molecule has 0 atom stereocenters. The Hall–Kier alpha value is -2.91. The lowest BCUT2D eigenvalue weighted by Gasteiger charge is -2.26. The predicted molar refractivity (Wildman–Crippen MR) is 107 cm³/mol. The molecular weight excluding hydrogens is 376 g/mol.